The minimum absolute atomic E-state index is 0.0940. The predicted molar refractivity (Wildman–Crippen MR) is 84.1 cm³/mol. The number of hydrogen-bond donors (Lipinski definition) is 1. The summed E-state index contributed by atoms with van der Waals surface area (Å²) in [6.07, 6.45) is 5.68. The fourth-order valence-electron chi connectivity index (χ4n) is 3.37. The van der Waals surface area contributed by atoms with E-state index < -0.39 is 12.1 Å². The van der Waals surface area contributed by atoms with E-state index in [2.05, 4.69) is 5.32 Å². The maximum atomic E-state index is 12.4. The van der Waals surface area contributed by atoms with Gasteiger partial charge >= 0.3 is 12.1 Å². The van der Waals surface area contributed by atoms with Crippen LogP contribution in [0.3, 0.4) is 0 Å². The Labute approximate surface area is 140 Å². The highest BCUT2D eigenvalue weighted by Gasteiger charge is 2.43. The van der Waals surface area contributed by atoms with Crippen LogP contribution in [-0.2, 0) is 9.59 Å². The molecule has 4 nitrogen and oxygen atoms in total. The Balaban J connectivity index is 1.66. The molecule has 1 heterocycles. The van der Waals surface area contributed by atoms with Crippen LogP contribution in [0.1, 0.15) is 44.9 Å². The van der Waals surface area contributed by atoms with E-state index in [1.807, 2.05) is 6.08 Å². The molecule has 136 valence electrons. The molecule has 0 aromatic rings. The Morgan fingerprint density at radius 3 is 2.25 bits per heavy atom. The Kier molecular flexibility index (Phi) is 6.69. The topological polar surface area (TPSA) is 49.4 Å². The zero-order valence-electron chi connectivity index (χ0n) is 13.8. The molecule has 0 aromatic carbocycles. The van der Waals surface area contributed by atoms with E-state index in [4.69, 9.17) is 0 Å². The van der Waals surface area contributed by atoms with Gasteiger partial charge < -0.3 is 10.2 Å². The van der Waals surface area contributed by atoms with Crippen molar-refractivity contribution in [1.29, 1.82) is 0 Å². The molecule has 2 amide bonds. The number of rotatable bonds is 4. The minimum atomic E-state index is -4.80. The number of alkyl halides is 3. The third-order valence-electron chi connectivity index (χ3n) is 4.88. The molecule has 1 aliphatic heterocycles. The second-order valence-corrected chi connectivity index (χ2v) is 6.74. The highest BCUT2D eigenvalue weighted by atomic mass is 19.4. The fourth-order valence-corrected chi connectivity index (χ4v) is 3.37. The summed E-state index contributed by atoms with van der Waals surface area (Å²) in [6, 6.07) is 0. The number of piperidine rings is 1. The van der Waals surface area contributed by atoms with Gasteiger partial charge in [-0.2, -0.15) is 13.2 Å². The number of carbonyl (C=O) groups excluding carboxylic acids is 2. The summed E-state index contributed by atoms with van der Waals surface area (Å²) in [7, 11) is 0. The number of amides is 2. The molecule has 2 rings (SSSR count). The van der Waals surface area contributed by atoms with E-state index in [1.165, 1.54) is 19.3 Å². The summed E-state index contributed by atoms with van der Waals surface area (Å²) in [6.45, 7) is 0.634. The Hall–Kier alpha value is -1.53. The molecule has 0 bridgehead atoms. The van der Waals surface area contributed by atoms with Crippen LogP contribution in [0.2, 0.25) is 0 Å². The Bertz CT molecular complexity index is 463. The van der Waals surface area contributed by atoms with E-state index in [0.29, 0.717) is 25.3 Å². The lowest BCUT2D eigenvalue weighted by atomic mass is 9.89. The van der Waals surface area contributed by atoms with Crippen LogP contribution >= 0.6 is 0 Å². The standard InChI is InChI=1S/C17H25F3N2O2/c18-17(19,20)16(24)22-10-8-14(9-11-22)12-21-15(23)7-6-13-4-2-1-3-5-13/h6-7,13-14H,1-5,8-12H2,(H,21,23)/b7-6+. The molecular formula is C17H25F3N2O2. The van der Waals surface area contributed by atoms with Crippen LogP contribution in [0, 0.1) is 11.8 Å². The zero-order chi connectivity index (χ0) is 17.6. The molecule has 7 heteroatoms. The van der Waals surface area contributed by atoms with Gasteiger partial charge in [0.1, 0.15) is 0 Å². The SMILES string of the molecule is O=C(/C=C/C1CCCCC1)NCC1CCN(C(=O)C(F)(F)F)CC1. The van der Waals surface area contributed by atoms with Gasteiger partial charge in [-0.25, -0.2) is 0 Å². The molecule has 2 fully saturated rings. The highest BCUT2D eigenvalue weighted by Crippen LogP contribution is 2.25. The number of carbonyl (C=O) groups is 2. The molecule has 0 radical (unpaired) electrons. The molecule has 0 unspecified atom stereocenters. The summed E-state index contributed by atoms with van der Waals surface area (Å²) < 4.78 is 37.1. The van der Waals surface area contributed by atoms with Crippen molar-refractivity contribution < 1.29 is 22.8 Å². The monoisotopic (exact) mass is 346 g/mol. The lowest BCUT2D eigenvalue weighted by Crippen LogP contribution is -2.46. The van der Waals surface area contributed by atoms with Gasteiger partial charge in [0, 0.05) is 19.6 Å². The molecule has 1 N–H and O–H groups in total. The van der Waals surface area contributed by atoms with Gasteiger partial charge in [0.25, 0.3) is 0 Å². The van der Waals surface area contributed by atoms with Crippen LogP contribution in [0.25, 0.3) is 0 Å². The summed E-state index contributed by atoms with van der Waals surface area (Å²) in [5.74, 6) is -1.30. The second kappa shape index (κ2) is 8.53. The lowest BCUT2D eigenvalue weighted by molar-refractivity contribution is -0.186. The van der Waals surface area contributed by atoms with Crippen molar-refractivity contribution in [3.63, 3.8) is 0 Å². The second-order valence-electron chi connectivity index (χ2n) is 6.74. The molecule has 24 heavy (non-hydrogen) atoms. The average Bonchev–Trinajstić information content (AvgIpc) is 2.58. The van der Waals surface area contributed by atoms with Gasteiger partial charge in [-0.1, -0.05) is 25.3 Å². The van der Waals surface area contributed by atoms with E-state index in [1.54, 1.807) is 6.08 Å². The van der Waals surface area contributed by atoms with Gasteiger partial charge in [-0.3, -0.25) is 9.59 Å². The van der Waals surface area contributed by atoms with Crippen molar-refractivity contribution in [1.82, 2.24) is 10.2 Å². The first-order valence-electron chi connectivity index (χ1n) is 8.68. The van der Waals surface area contributed by atoms with Gasteiger partial charge in [0.2, 0.25) is 5.91 Å². The minimum Gasteiger partial charge on any atom is -0.352 e. The number of likely N-dealkylation sites (tertiary alicyclic amines) is 1. The van der Waals surface area contributed by atoms with Crippen LogP contribution in [0.4, 0.5) is 13.2 Å². The Morgan fingerprint density at radius 2 is 1.67 bits per heavy atom. The normalized spacial score (nSPS) is 21.2. The first-order valence-corrected chi connectivity index (χ1v) is 8.68. The summed E-state index contributed by atoms with van der Waals surface area (Å²) >= 11 is 0. The van der Waals surface area contributed by atoms with Crippen molar-refractivity contribution in [2.24, 2.45) is 11.8 Å². The third-order valence-corrected chi connectivity index (χ3v) is 4.88. The number of allylic oxidation sites excluding steroid dienone is 1. The lowest BCUT2D eigenvalue weighted by Gasteiger charge is -2.32. The number of nitrogens with zero attached hydrogens (tertiary/aromatic N) is 1. The molecule has 0 spiro atoms. The molecule has 1 aliphatic carbocycles. The number of halogens is 3. The van der Waals surface area contributed by atoms with Gasteiger partial charge in [0.05, 0.1) is 0 Å². The number of nitrogens with one attached hydrogen (secondary N) is 1. The average molecular weight is 346 g/mol. The molecular weight excluding hydrogens is 321 g/mol. The fraction of sp³-hybridized carbons (Fsp3) is 0.765. The van der Waals surface area contributed by atoms with Crippen LogP contribution in [-0.4, -0.2) is 42.5 Å². The van der Waals surface area contributed by atoms with Crippen LogP contribution in [0.5, 0.6) is 0 Å². The molecule has 1 saturated carbocycles. The quantitative estimate of drug-likeness (QED) is 0.796. The van der Waals surface area contributed by atoms with Crippen molar-refractivity contribution in [3.05, 3.63) is 12.2 Å². The van der Waals surface area contributed by atoms with E-state index in [9.17, 15) is 22.8 Å². The zero-order valence-corrected chi connectivity index (χ0v) is 13.8. The summed E-state index contributed by atoms with van der Waals surface area (Å²) in [4.78, 5) is 23.8. The van der Waals surface area contributed by atoms with E-state index in [0.717, 1.165) is 17.7 Å². The van der Waals surface area contributed by atoms with Crippen molar-refractivity contribution in [2.75, 3.05) is 19.6 Å². The van der Waals surface area contributed by atoms with Crippen molar-refractivity contribution in [3.8, 4) is 0 Å². The predicted octanol–water partition coefficient (Wildman–Crippen LogP) is 3.04. The molecule has 1 saturated heterocycles. The van der Waals surface area contributed by atoms with E-state index in [-0.39, 0.29) is 24.9 Å². The summed E-state index contributed by atoms with van der Waals surface area (Å²) in [5, 5.41) is 2.81. The first kappa shape index (κ1) is 18.8. The van der Waals surface area contributed by atoms with Crippen molar-refractivity contribution >= 4 is 11.8 Å². The van der Waals surface area contributed by atoms with E-state index >= 15 is 0 Å². The molecule has 2 aliphatic rings. The summed E-state index contributed by atoms with van der Waals surface area (Å²) in [5.41, 5.74) is 0. The third kappa shape index (κ3) is 5.83. The highest BCUT2D eigenvalue weighted by molar-refractivity contribution is 5.87. The van der Waals surface area contributed by atoms with Crippen LogP contribution < -0.4 is 5.32 Å². The van der Waals surface area contributed by atoms with Gasteiger partial charge in [-0.05, 0) is 43.6 Å². The maximum Gasteiger partial charge on any atom is 0.471 e. The number of hydrogen-bond acceptors (Lipinski definition) is 2. The maximum absolute atomic E-state index is 12.4. The van der Waals surface area contributed by atoms with Gasteiger partial charge in [-0.15, -0.1) is 0 Å². The smallest absolute Gasteiger partial charge is 0.352 e. The first-order chi connectivity index (χ1) is 11.4. The Morgan fingerprint density at radius 1 is 1.04 bits per heavy atom. The van der Waals surface area contributed by atoms with Gasteiger partial charge in [0.15, 0.2) is 0 Å². The molecule has 0 atom stereocenters. The van der Waals surface area contributed by atoms with Crippen molar-refractivity contribution in [2.45, 2.75) is 51.1 Å². The largest absolute Gasteiger partial charge is 0.471 e. The molecule has 0 aromatic heterocycles. The van der Waals surface area contributed by atoms with Crippen LogP contribution in [0.15, 0.2) is 12.2 Å².